The molecule has 2 aromatic carbocycles. The number of rotatable bonds is 10. The summed E-state index contributed by atoms with van der Waals surface area (Å²) in [5.41, 5.74) is 4.02. The van der Waals surface area contributed by atoms with Crippen LogP contribution in [0.4, 0.5) is 4.79 Å². The molecule has 0 fully saturated rings. The fourth-order valence-electron chi connectivity index (χ4n) is 4.04. The van der Waals surface area contributed by atoms with Crippen molar-refractivity contribution >= 4 is 18.0 Å². The Hall–Kier alpha value is -3.35. The van der Waals surface area contributed by atoms with Crippen LogP contribution in [-0.4, -0.2) is 41.8 Å². The molecule has 1 unspecified atom stereocenters. The first-order valence-corrected chi connectivity index (χ1v) is 11.3. The number of ether oxygens (including phenoxy) is 1. The average molecular weight is 453 g/mol. The molecule has 33 heavy (non-hydrogen) atoms. The van der Waals surface area contributed by atoms with Gasteiger partial charge in [-0.1, -0.05) is 55.5 Å². The van der Waals surface area contributed by atoms with Crippen molar-refractivity contribution < 1.29 is 24.2 Å². The molecule has 1 atom stereocenters. The quantitative estimate of drug-likeness (QED) is 0.498. The van der Waals surface area contributed by atoms with E-state index >= 15 is 0 Å². The minimum absolute atomic E-state index is 0.00904. The highest BCUT2D eigenvalue weighted by Gasteiger charge is 2.30. The minimum Gasteiger partial charge on any atom is -0.481 e. The van der Waals surface area contributed by atoms with Crippen LogP contribution in [0, 0.1) is 5.92 Å². The van der Waals surface area contributed by atoms with Crippen LogP contribution < -0.4 is 10.6 Å². The highest BCUT2D eigenvalue weighted by atomic mass is 16.5. The SMILES string of the molecule is CC(CCNC(=O)CCC(C)(C)NC(=O)OCC1c2ccccc2-c2ccccc21)C(=O)O. The molecular weight excluding hydrogens is 420 g/mol. The molecule has 0 spiro atoms. The summed E-state index contributed by atoms with van der Waals surface area (Å²) in [4.78, 5) is 35.4. The van der Waals surface area contributed by atoms with Gasteiger partial charge in [0.15, 0.2) is 0 Å². The number of fused-ring (bicyclic) bond motifs is 3. The van der Waals surface area contributed by atoms with Crippen LogP contribution in [0.3, 0.4) is 0 Å². The fourth-order valence-corrected chi connectivity index (χ4v) is 4.04. The Bertz CT molecular complexity index is 972. The maximum absolute atomic E-state index is 12.5. The average Bonchev–Trinajstić information content (AvgIpc) is 3.10. The molecule has 0 radical (unpaired) electrons. The van der Waals surface area contributed by atoms with E-state index < -0.39 is 23.5 Å². The predicted molar refractivity (Wildman–Crippen MR) is 126 cm³/mol. The van der Waals surface area contributed by atoms with Gasteiger partial charge in [0, 0.05) is 24.4 Å². The highest BCUT2D eigenvalue weighted by Crippen LogP contribution is 2.44. The Kier molecular flexibility index (Phi) is 7.74. The normalized spacial score (nSPS) is 13.5. The van der Waals surface area contributed by atoms with Crippen LogP contribution in [0.5, 0.6) is 0 Å². The number of hydrogen-bond acceptors (Lipinski definition) is 4. The van der Waals surface area contributed by atoms with E-state index in [4.69, 9.17) is 9.84 Å². The lowest BCUT2D eigenvalue weighted by Gasteiger charge is -2.26. The first-order chi connectivity index (χ1) is 15.7. The summed E-state index contributed by atoms with van der Waals surface area (Å²) in [6.07, 6.45) is 0.510. The van der Waals surface area contributed by atoms with Gasteiger partial charge >= 0.3 is 12.1 Å². The molecule has 1 aliphatic carbocycles. The Morgan fingerprint density at radius 2 is 1.61 bits per heavy atom. The zero-order chi connectivity index (χ0) is 24.0. The number of nitrogens with one attached hydrogen (secondary N) is 2. The van der Waals surface area contributed by atoms with E-state index in [1.807, 2.05) is 38.1 Å². The predicted octanol–water partition coefficient (Wildman–Crippen LogP) is 4.31. The van der Waals surface area contributed by atoms with Gasteiger partial charge < -0.3 is 20.5 Å². The molecule has 0 aliphatic heterocycles. The fraction of sp³-hybridized carbons (Fsp3) is 0.423. The lowest BCUT2D eigenvalue weighted by molar-refractivity contribution is -0.141. The molecule has 0 bridgehead atoms. The van der Waals surface area contributed by atoms with Gasteiger partial charge in [0.2, 0.25) is 5.91 Å². The maximum Gasteiger partial charge on any atom is 0.407 e. The lowest BCUT2D eigenvalue weighted by atomic mass is 9.98. The molecule has 7 nitrogen and oxygen atoms in total. The number of carbonyl (C=O) groups excluding carboxylic acids is 2. The molecule has 0 aromatic heterocycles. The van der Waals surface area contributed by atoms with E-state index in [1.165, 1.54) is 11.1 Å². The molecule has 0 saturated carbocycles. The molecule has 3 rings (SSSR count). The summed E-state index contributed by atoms with van der Waals surface area (Å²) >= 11 is 0. The molecule has 0 saturated heterocycles. The molecule has 1 aliphatic rings. The molecule has 3 N–H and O–H groups in total. The van der Waals surface area contributed by atoms with Gasteiger partial charge in [-0.05, 0) is 48.9 Å². The Morgan fingerprint density at radius 1 is 1.03 bits per heavy atom. The van der Waals surface area contributed by atoms with E-state index in [-0.39, 0.29) is 24.9 Å². The number of hydrogen-bond donors (Lipinski definition) is 3. The molecule has 2 amide bonds. The van der Waals surface area contributed by atoms with Crippen molar-refractivity contribution in [3.05, 3.63) is 59.7 Å². The molecule has 2 aromatic rings. The van der Waals surface area contributed by atoms with Gasteiger partial charge in [-0.25, -0.2) is 4.79 Å². The lowest BCUT2D eigenvalue weighted by Crippen LogP contribution is -2.44. The zero-order valence-corrected chi connectivity index (χ0v) is 19.4. The second-order valence-corrected chi connectivity index (χ2v) is 9.21. The van der Waals surface area contributed by atoms with E-state index in [1.54, 1.807) is 6.92 Å². The minimum atomic E-state index is -0.877. The molecule has 176 valence electrons. The van der Waals surface area contributed by atoms with Crippen LogP contribution in [0.1, 0.15) is 57.1 Å². The number of carbonyl (C=O) groups is 3. The number of aliphatic carboxylic acids is 1. The summed E-state index contributed by atoms with van der Waals surface area (Å²) in [6.45, 7) is 5.84. The first-order valence-electron chi connectivity index (χ1n) is 11.3. The third kappa shape index (κ3) is 6.34. The third-order valence-electron chi connectivity index (χ3n) is 6.08. The van der Waals surface area contributed by atoms with E-state index in [9.17, 15) is 14.4 Å². The van der Waals surface area contributed by atoms with Crippen molar-refractivity contribution in [2.45, 2.75) is 51.5 Å². The Labute approximate surface area is 194 Å². The third-order valence-corrected chi connectivity index (χ3v) is 6.08. The number of alkyl carbamates (subject to hydrolysis) is 1. The van der Waals surface area contributed by atoms with E-state index in [0.717, 1.165) is 11.1 Å². The monoisotopic (exact) mass is 452 g/mol. The standard InChI is InChI=1S/C26H32N2O5/c1-17(24(30)31)13-15-27-23(29)12-14-26(2,3)28-25(32)33-16-22-20-10-6-4-8-18(20)19-9-5-7-11-21(19)22/h4-11,17,22H,12-16H2,1-3H3,(H,27,29)(H,28,32)(H,30,31). The smallest absolute Gasteiger partial charge is 0.407 e. The number of amides is 2. The Morgan fingerprint density at radius 3 is 2.18 bits per heavy atom. The van der Waals surface area contributed by atoms with Crippen LogP contribution in [0.15, 0.2) is 48.5 Å². The van der Waals surface area contributed by atoms with Gasteiger partial charge in [-0.15, -0.1) is 0 Å². The number of carboxylic acid groups (broad SMARTS) is 1. The van der Waals surface area contributed by atoms with Crippen LogP contribution in [0.2, 0.25) is 0 Å². The van der Waals surface area contributed by atoms with Gasteiger partial charge in [0.05, 0.1) is 5.92 Å². The van der Waals surface area contributed by atoms with Crippen molar-refractivity contribution in [1.29, 1.82) is 0 Å². The van der Waals surface area contributed by atoms with Gasteiger partial charge in [-0.3, -0.25) is 9.59 Å². The van der Waals surface area contributed by atoms with Crippen molar-refractivity contribution in [3.8, 4) is 11.1 Å². The van der Waals surface area contributed by atoms with Crippen molar-refractivity contribution in [2.24, 2.45) is 5.92 Å². The summed E-state index contributed by atoms with van der Waals surface area (Å²) in [6, 6.07) is 16.3. The van der Waals surface area contributed by atoms with Crippen molar-refractivity contribution in [3.63, 3.8) is 0 Å². The zero-order valence-electron chi connectivity index (χ0n) is 19.4. The highest BCUT2D eigenvalue weighted by molar-refractivity contribution is 5.79. The second kappa shape index (κ2) is 10.5. The van der Waals surface area contributed by atoms with Crippen molar-refractivity contribution in [2.75, 3.05) is 13.2 Å². The van der Waals surface area contributed by atoms with Crippen LogP contribution in [0.25, 0.3) is 11.1 Å². The number of benzene rings is 2. The first kappa shape index (κ1) is 24.3. The van der Waals surface area contributed by atoms with Crippen LogP contribution >= 0.6 is 0 Å². The number of carboxylic acids is 1. The molecule has 0 heterocycles. The van der Waals surface area contributed by atoms with Crippen molar-refractivity contribution in [1.82, 2.24) is 10.6 Å². The largest absolute Gasteiger partial charge is 0.481 e. The summed E-state index contributed by atoms with van der Waals surface area (Å²) < 4.78 is 5.59. The van der Waals surface area contributed by atoms with Gasteiger partial charge in [0.25, 0.3) is 0 Å². The van der Waals surface area contributed by atoms with Crippen LogP contribution in [-0.2, 0) is 14.3 Å². The van der Waals surface area contributed by atoms with E-state index in [2.05, 4.69) is 34.9 Å². The Balaban J connectivity index is 1.46. The molecule has 7 heteroatoms. The second-order valence-electron chi connectivity index (χ2n) is 9.21. The van der Waals surface area contributed by atoms with E-state index in [0.29, 0.717) is 19.4 Å². The maximum atomic E-state index is 12.5. The summed E-state index contributed by atoms with van der Waals surface area (Å²) in [5, 5.41) is 14.5. The van der Waals surface area contributed by atoms with Gasteiger partial charge in [0.1, 0.15) is 6.61 Å². The summed E-state index contributed by atoms with van der Waals surface area (Å²) in [5.74, 6) is -1.56. The molecular formula is C26H32N2O5. The van der Waals surface area contributed by atoms with Gasteiger partial charge in [-0.2, -0.15) is 0 Å². The topological polar surface area (TPSA) is 105 Å². The summed E-state index contributed by atoms with van der Waals surface area (Å²) in [7, 11) is 0.